The summed E-state index contributed by atoms with van der Waals surface area (Å²) in [6.45, 7) is 1.77. The molecule has 28 heavy (non-hydrogen) atoms. The molecule has 7 nitrogen and oxygen atoms in total. The molecule has 0 atom stereocenters. The minimum absolute atomic E-state index is 0.0312. The summed E-state index contributed by atoms with van der Waals surface area (Å²) in [5.41, 5.74) is 6.81. The molecular formula is C20H21N3O4S. The molecule has 0 aliphatic heterocycles. The highest BCUT2D eigenvalue weighted by molar-refractivity contribution is 7.80. The summed E-state index contributed by atoms with van der Waals surface area (Å²) in [7, 11) is 1.56. The monoisotopic (exact) mass is 399 g/mol. The van der Waals surface area contributed by atoms with Gasteiger partial charge >= 0.3 is 0 Å². The molecular weight excluding hydrogens is 378 g/mol. The van der Waals surface area contributed by atoms with Crippen molar-refractivity contribution < 1.29 is 19.1 Å². The molecule has 146 valence electrons. The molecule has 2 aromatic rings. The number of ether oxygens (including phenoxy) is 2. The summed E-state index contributed by atoms with van der Waals surface area (Å²) in [5.74, 6) is 0.341. The molecule has 0 saturated heterocycles. The molecule has 2 aromatic carbocycles. The first kappa shape index (κ1) is 20.9. The molecule has 0 radical (unpaired) electrons. The lowest BCUT2D eigenvalue weighted by atomic mass is 10.1. The van der Waals surface area contributed by atoms with Crippen LogP contribution in [0.3, 0.4) is 0 Å². The van der Waals surface area contributed by atoms with Crippen LogP contribution in [-0.4, -0.2) is 30.6 Å². The first-order valence-corrected chi connectivity index (χ1v) is 8.78. The third-order valence-corrected chi connectivity index (χ3v) is 3.69. The SMILES string of the molecule is COc1ccc(OCC(=O)NNC(=S)NC(=O)C=Cc2ccc(C)cc2)cc1. The molecule has 0 bridgehead atoms. The van der Waals surface area contributed by atoms with Crippen LogP contribution in [0.15, 0.2) is 54.6 Å². The molecule has 0 aromatic heterocycles. The van der Waals surface area contributed by atoms with Gasteiger partial charge in [-0.2, -0.15) is 0 Å². The topological polar surface area (TPSA) is 88.7 Å². The van der Waals surface area contributed by atoms with Crippen LogP contribution in [0, 0.1) is 6.92 Å². The smallest absolute Gasteiger partial charge is 0.276 e. The van der Waals surface area contributed by atoms with Crippen molar-refractivity contribution >= 4 is 35.2 Å². The van der Waals surface area contributed by atoms with Gasteiger partial charge in [-0.05, 0) is 55.0 Å². The highest BCUT2D eigenvalue weighted by Gasteiger charge is 2.05. The molecule has 0 aliphatic carbocycles. The predicted molar refractivity (Wildman–Crippen MR) is 111 cm³/mol. The van der Waals surface area contributed by atoms with Crippen LogP contribution in [0.25, 0.3) is 6.08 Å². The molecule has 0 unspecified atom stereocenters. The summed E-state index contributed by atoms with van der Waals surface area (Å²) in [6.07, 6.45) is 3.02. The largest absolute Gasteiger partial charge is 0.497 e. The van der Waals surface area contributed by atoms with E-state index in [1.165, 1.54) is 6.08 Å². The average Bonchev–Trinajstić information content (AvgIpc) is 2.70. The van der Waals surface area contributed by atoms with Gasteiger partial charge in [0.1, 0.15) is 11.5 Å². The van der Waals surface area contributed by atoms with Crippen LogP contribution >= 0.6 is 12.2 Å². The van der Waals surface area contributed by atoms with Gasteiger partial charge in [0.2, 0.25) is 5.91 Å². The number of methoxy groups -OCH3 is 1. The van der Waals surface area contributed by atoms with Crippen molar-refractivity contribution in [3.8, 4) is 11.5 Å². The fourth-order valence-electron chi connectivity index (χ4n) is 2.02. The van der Waals surface area contributed by atoms with Gasteiger partial charge < -0.3 is 9.47 Å². The number of hydrazine groups is 1. The Balaban J connectivity index is 1.68. The summed E-state index contributed by atoms with van der Waals surface area (Å²) in [5, 5.41) is 2.40. The summed E-state index contributed by atoms with van der Waals surface area (Å²) < 4.78 is 10.4. The number of rotatable bonds is 6. The van der Waals surface area contributed by atoms with Crippen molar-refractivity contribution in [1.29, 1.82) is 0 Å². The second-order valence-electron chi connectivity index (χ2n) is 5.70. The van der Waals surface area contributed by atoms with E-state index in [-0.39, 0.29) is 11.7 Å². The quantitative estimate of drug-likeness (QED) is 0.392. The Morgan fingerprint density at radius 3 is 2.29 bits per heavy atom. The van der Waals surface area contributed by atoms with Gasteiger partial charge in [-0.25, -0.2) is 0 Å². The van der Waals surface area contributed by atoms with Gasteiger partial charge in [0.05, 0.1) is 7.11 Å². The van der Waals surface area contributed by atoms with Crippen molar-refractivity contribution in [2.24, 2.45) is 0 Å². The Morgan fingerprint density at radius 1 is 1.00 bits per heavy atom. The summed E-state index contributed by atoms with van der Waals surface area (Å²) >= 11 is 4.96. The van der Waals surface area contributed by atoms with E-state index in [0.29, 0.717) is 11.5 Å². The van der Waals surface area contributed by atoms with E-state index >= 15 is 0 Å². The lowest BCUT2D eigenvalue weighted by Gasteiger charge is -2.10. The fourth-order valence-corrected chi connectivity index (χ4v) is 2.17. The number of carbonyl (C=O) groups excluding carboxylic acids is 2. The first-order chi connectivity index (χ1) is 13.5. The van der Waals surface area contributed by atoms with Crippen LogP contribution in [0.5, 0.6) is 11.5 Å². The van der Waals surface area contributed by atoms with Gasteiger partial charge in [-0.3, -0.25) is 25.8 Å². The summed E-state index contributed by atoms with van der Waals surface area (Å²) in [4.78, 5) is 23.6. The number of amides is 2. The number of benzene rings is 2. The van der Waals surface area contributed by atoms with Crippen molar-refractivity contribution in [1.82, 2.24) is 16.2 Å². The van der Waals surface area contributed by atoms with E-state index < -0.39 is 11.8 Å². The van der Waals surface area contributed by atoms with Crippen LogP contribution < -0.4 is 25.6 Å². The maximum absolute atomic E-state index is 11.8. The Hall–Kier alpha value is -3.39. The minimum atomic E-state index is -0.456. The number of thiocarbonyl (C=S) groups is 1. The van der Waals surface area contributed by atoms with E-state index in [1.807, 2.05) is 31.2 Å². The zero-order valence-corrected chi connectivity index (χ0v) is 16.3. The normalized spacial score (nSPS) is 10.2. The van der Waals surface area contributed by atoms with Crippen LogP contribution in [0.2, 0.25) is 0 Å². The second kappa shape index (κ2) is 10.7. The molecule has 8 heteroatoms. The standard InChI is InChI=1S/C20H21N3O4S/c1-14-3-5-15(6-4-14)7-12-18(24)21-20(28)23-22-19(25)13-27-17-10-8-16(26-2)9-11-17/h3-12H,13H2,1-2H3,(H,22,25)(H2,21,23,24,28). The predicted octanol–water partition coefficient (Wildman–Crippen LogP) is 2.12. The first-order valence-electron chi connectivity index (χ1n) is 8.37. The average molecular weight is 399 g/mol. The maximum Gasteiger partial charge on any atom is 0.276 e. The Bertz CT molecular complexity index is 849. The van der Waals surface area contributed by atoms with Crippen LogP contribution in [0.4, 0.5) is 0 Å². The van der Waals surface area contributed by atoms with Gasteiger partial charge in [-0.15, -0.1) is 0 Å². The highest BCUT2D eigenvalue weighted by Crippen LogP contribution is 2.16. The Morgan fingerprint density at radius 2 is 1.64 bits per heavy atom. The van der Waals surface area contributed by atoms with Crippen LogP contribution in [-0.2, 0) is 9.59 Å². The fraction of sp³-hybridized carbons (Fsp3) is 0.150. The lowest BCUT2D eigenvalue weighted by molar-refractivity contribution is -0.123. The van der Waals surface area contributed by atoms with Gasteiger partial charge in [0.25, 0.3) is 5.91 Å². The number of carbonyl (C=O) groups is 2. The molecule has 2 rings (SSSR count). The Labute approximate surface area is 168 Å². The van der Waals surface area contributed by atoms with Gasteiger partial charge in [-0.1, -0.05) is 29.8 Å². The highest BCUT2D eigenvalue weighted by atomic mass is 32.1. The number of nitrogens with one attached hydrogen (secondary N) is 3. The van der Waals surface area contributed by atoms with E-state index in [0.717, 1.165) is 11.1 Å². The van der Waals surface area contributed by atoms with Gasteiger partial charge in [0, 0.05) is 6.08 Å². The van der Waals surface area contributed by atoms with E-state index in [9.17, 15) is 9.59 Å². The molecule has 0 fully saturated rings. The van der Waals surface area contributed by atoms with Gasteiger partial charge in [0.15, 0.2) is 11.7 Å². The van der Waals surface area contributed by atoms with Crippen molar-refractivity contribution in [3.63, 3.8) is 0 Å². The third kappa shape index (κ3) is 7.46. The number of aryl methyl sites for hydroxylation is 1. The Kier molecular flexibility index (Phi) is 7.98. The lowest BCUT2D eigenvalue weighted by Crippen LogP contribution is -2.49. The molecule has 0 spiro atoms. The van der Waals surface area contributed by atoms with E-state index in [1.54, 1.807) is 37.5 Å². The zero-order valence-electron chi connectivity index (χ0n) is 15.5. The molecule has 2 amide bonds. The van der Waals surface area contributed by atoms with E-state index in [2.05, 4.69) is 16.2 Å². The molecule has 3 N–H and O–H groups in total. The minimum Gasteiger partial charge on any atom is -0.497 e. The number of hydrogen-bond acceptors (Lipinski definition) is 5. The molecule has 0 aliphatic rings. The molecule has 0 saturated carbocycles. The van der Waals surface area contributed by atoms with E-state index in [4.69, 9.17) is 21.7 Å². The maximum atomic E-state index is 11.8. The molecule has 0 heterocycles. The van der Waals surface area contributed by atoms with Crippen molar-refractivity contribution in [2.45, 2.75) is 6.92 Å². The third-order valence-electron chi connectivity index (χ3n) is 3.49. The van der Waals surface area contributed by atoms with Crippen molar-refractivity contribution in [2.75, 3.05) is 13.7 Å². The number of hydrogen-bond donors (Lipinski definition) is 3. The van der Waals surface area contributed by atoms with Crippen LogP contribution in [0.1, 0.15) is 11.1 Å². The zero-order chi connectivity index (χ0) is 20.4. The summed E-state index contributed by atoms with van der Waals surface area (Å²) in [6, 6.07) is 14.5. The second-order valence-corrected chi connectivity index (χ2v) is 6.11. The van der Waals surface area contributed by atoms with Crippen molar-refractivity contribution in [3.05, 3.63) is 65.7 Å².